The van der Waals surface area contributed by atoms with Crippen molar-refractivity contribution < 1.29 is 0 Å². The Balaban J connectivity index is 1.92. The number of hydrogen-bond acceptors (Lipinski definition) is 4. The first kappa shape index (κ1) is 10.9. The van der Waals surface area contributed by atoms with Crippen molar-refractivity contribution in [2.75, 3.05) is 6.54 Å². The van der Waals surface area contributed by atoms with Crippen LogP contribution in [0.2, 0.25) is 0 Å². The monoisotopic (exact) mass is 245 g/mol. The lowest BCUT2D eigenvalue weighted by molar-refractivity contribution is 0.632. The Morgan fingerprint density at radius 1 is 1.47 bits per heavy atom. The van der Waals surface area contributed by atoms with Gasteiger partial charge in [-0.3, -0.25) is 4.98 Å². The first-order valence-corrected chi connectivity index (χ1v) is 6.83. The molecule has 0 unspecified atom stereocenters. The van der Waals surface area contributed by atoms with Crippen molar-refractivity contribution in [1.82, 2.24) is 15.3 Å². The van der Waals surface area contributed by atoms with Gasteiger partial charge in [-0.2, -0.15) is 0 Å². The second-order valence-corrected chi connectivity index (χ2v) is 5.25. The van der Waals surface area contributed by atoms with Crippen molar-refractivity contribution in [2.24, 2.45) is 0 Å². The van der Waals surface area contributed by atoms with Gasteiger partial charge in [-0.05, 0) is 37.9 Å². The number of hydrogen-bond donors (Lipinski definition) is 1. The number of nitrogens with zero attached hydrogens (tertiary/aromatic N) is 2. The minimum absolute atomic E-state index is 0.448. The second-order valence-electron chi connectivity index (χ2n) is 4.40. The van der Waals surface area contributed by atoms with Gasteiger partial charge in [0.15, 0.2) is 0 Å². The predicted molar refractivity (Wildman–Crippen MR) is 70.1 cm³/mol. The van der Waals surface area contributed by atoms with Crippen LogP contribution in [0.4, 0.5) is 0 Å². The van der Waals surface area contributed by atoms with Gasteiger partial charge >= 0.3 is 0 Å². The summed E-state index contributed by atoms with van der Waals surface area (Å²) in [6.45, 7) is 3.19. The summed E-state index contributed by atoms with van der Waals surface area (Å²) in [6.07, 6.45) is 4.28. The third-order valence-electron chi connectivity index (χ3n) is 3.15. The van der Waals surface area contributed by atoms with E-state index in [1.807, 2.05) is 12.3 Å². The van der Waals surface area contributed by atoms with Crippen LogP contribution < -0.4 is 5.32 Å². The number of rotatable bonds is 2. The normalized spacial score (nSPS) is 19.7. The summed E-state index contributed by atoms with van der Waals surface area (Å²) < 4.78 is 0. The van der Waals surface area contributed by atoms with E-state index in [2.05, 4.69) is 28.7 Å². The van der Waals surface area contributed by atoms with E-state index in [1.165, 1.54) is 24.1 Å². The molecule has 2 aromatic rings. The topological polar surface area (TPSA) is 37.8 Å². The zero-order valence-electron chi connectivity index (χ0n) is 9.81. The average Bonchev–Trinajstić information content (AvgIpc) is 3.00. The predicted octanol–water partition coefficient (Wildman–Crippen LogP) is 2.94. The Morgan fingerprint density at radius 3 is 3.18 bits per heavy atom. The van der Waals surface area contributed by atoms with E-state index in [1.54, 1.807) is 11.3 Å². The van der Waals surface area contributed by atoms with Crippen LogP contribution in [0.1, 0.15) is 30.1 Å². The zero-order chi connectivity index (χ0) is 11.7. The zero-order valence-corrected chi connectivity index (χ0v) is 10.6. The molecule has 0 aliphatic carbocycles. The number of aromatic nitrogens is 2. The molecule has 0 aromatic carbocycles. The molecular weight excluding hydrogens is 230 g/mol. The quantitative estimate of drug-likeness (QED) is 0.884. The van der Waals surface area contributed by atoms with E-state index >= 15 is 0 Å². The van der Waals surface area contributed by atoms with E-state index < -0.39 is 0 Å². The molecule has 0 spiro atoms. The van der Waals surface area contributed by atoms with Gasteiger partial charge in [0.25, 0.3) is 0 Å². The Morgan fingerprint density at radius 2 is 2.41 bits per heavy atom. The molecule has 3 nitrogen and oxygen atoms in total. The maximum atomic E-state index is 4.72. The molecule has 1 N–H and O–H groups in total. The van der Waals surface area contributed by atoms with Crippen LogP contribution in [-0.4, -0.2) is 16.5 Å². The lowest BCUT2D eigenvalue weighted by Crippen LogP contribution is -2.12. The first-order valence-electron chi connectivity index (χ1n) is 5.95. The first-order chi connectivity index (χ1) is 8.34. The molecule has 1 saturated heterocycles. The van der Waals surface area contributed by atoms with Crippen LogP contribution in [0.25, 0.3) is 10.7 Å². The van der Waals surface area contributed by atoms with E-state index in [0.717, 1.165) is 17.2 Å². The van der Waals surface area contributed by atoms with Crippen molar-refractivity contribution >= 4 is 11.3 Å². The summed E-state index contributed by atoms with van der Waals surface area (Å²) in [5.74, 6) is 0. The molecule has 2 aromatic heterocycles. The Bertz CT molecular complexity index is 515. The van der Waals surface area contributed by atoms with E-state index in [4.69, 9.17) is 4.98 Å². The number of thiazole rings is 1. The molecule has 1 atom stereocenters. The van der Waals surface area contributed by atoms with Crippen LogP contribution in [0.15, 0.2) is 23.7 Å². The largest absolute Gasteiger partial charge is 0.309 e. The van der Waals surface area contributed by atoms with Gasteiger partial charge in [-0.15, -0.1) is 11.3 Å². The van der Waals surface area contributed by atoms with Crippen LogP contribution in [0.5, 0.6) is 0 Å². The van der Waals surface area contributed by atoms with E-state index in [-0.39, 0.29) is 0 Å². The molecule has 0 radical (unpaired) electrons. The summed E-state index contributed by atoms with van der Waals surface area (Å²) in [4.78, 5) is 9.13. The summed E-state index contributed by atoms with van der Waals surface area (Å²) in [5.41, 5.74) is 3.38. The van der Waals surface area contributed by atoms with Crippen LogP contribution in [0, 0.1) is 6.92 Å². The van der Waals surface area contributed by atoms with Crippen LogP contribution in [0.3, 0.4) is 0 Å². The fourth-order valence-electron chi connectivity index (χ4n) is 2.20. The molecule has 0 bridgehead atoms. The van der Waals surface area contributed by atoms with Gasteiger partial charge in [0, 0.05) is 11.6 Å². The highest BCUT2D eigenvalue weighted by molar-refractivity contribution is 7.13. The average molecular weight is 245 g/mol. The molecule has 3 rings (SSSR count). The Labute approximate surface area is 105 Å². The van der Waals surface area contributed by atoms with Crippen molar-refractivity contribution in [3.8, 4) is 10.7 Å². The van der Waals surface area contributed by atoms with Gasteiger partial charge in [0.1, 0.15) is 10.7 Å². The number of nitrogens with one attached hydrogen (secondary N) is 1. The molecular formula is C13H15N3S. The van der Waals surface area contributed by atoms with E-state index in [9.17, 15) is 0 Å². The van der Waals surface area contributed by atoms with Gasteiger partial charge < -0.3 is 5.32 Å². The van der Waals surface area contributed by atoms with Crippen molar-refractivity contribution in [2.45, 2.75) is 25.8 Å². The molecule has 0 saturated carbocycles. The molecule has 88 valence electrons. The van der Waals surface area contributed by atoms with Crippen molar-refractivity contribution in [1.29, 1.82) is 0 Å². The molecule has 4 heteroatoms. The van der Waals surface area contributed by atoms with Gasteiger partial charge in [-0.25, -0.2) is 4.98 Å². The standard InChI is InChI=1S/C13H15N3S/c1-9-4-2-7-15-12(9)13-16-11(8-17-13)10-5-3-6-14-10/h2,4,7-8,10,14H,3,5-6H2,1H3/t10-/m0/s1. The maximum Gasteiger partial charge on any atom is 0.142 e. The van der Waals surface area contributed by atoms with Gasteiger partial charge in [0.05, 0.1) is 11.7 Å². The third kappa shape index (κ3) is 2.10. The lowest BCUT2D eigenvalue weighted by Gasteiger charge is -2.05. The Kier molecular flexibility index (Phi) is 2.91. The fourth-order valence-corrected chi connectivity index (χ4v) is 3.13. The third-order valence-corrected chi connectivity index (χ3v) is 4.02. The Hall–Kier alpha value is -1.26. The summed E-state index contributed by atoms with van der Waals surface area (Å²) in [6, 6.07) is 4.49. The highest BCUT2D eigenvalue weighted by atomic mass is 32.1. The maximum absolute atomic E-state index is 4.72. The minimum atomic E-state index is 0.448. The van der Waals surface area contributed by atoms with Gasteiger partial charge in [-0.1, -0.05) is 6.07 Å². The number of aryl methyl sites for hydroxylation is 1. The molecule has 17 heavy (non-hydrogen) atoms. The molecule has 0 amide bonds. The van der Waals surface area contributed by atoms with Crippen molar-refractivity contribution in [3.63, 3.8) is 0 Å². The lowest BCUT2D eigenvalue weighted by atomic mass is 10.2. The van der Waals surface area contributed by atoms with Crippen LogP contribution in [-0.2, 0) is 0 Å². The van der Waals surface area contributed by atoms with Gasteiger partial charge in [0.2, 0.25) is 0 Å². The molecule has 1 fully saturated rings. The summed E-state index contributed by atoms with van der Waals surface area (Å²) in [7, 11) is 0. The van der Waals surface area contributed by atoms with E-state index in [0.29, 0.717) is 6.04 Å². The SMILES string of the molecule is Cc1cccnc1-c1nc([C@@H]2CCCN2)cs1. The highest BCUT2D eigenvalue weighted by Crippen LogP contribution is 2.29. The minimum Gasteiger partial charge on any atom is -0.309 e. The summed E-state index contributed by atoms with van der Waals surface area (Å²) >= 11 is 1.69. The second kappa shape index (κ2) is 4.55. The summed E-state index contributed by atoms with van der Waals surface area (Å²) in [5, 5.41) is 6.67. The highest BCUT2D eigenvalue weighted by Gasteiger charge is 2.19. The molecule has 3 heterocycles. The molecule has 1 aliphatic rings. The molecule has 1 aliphatic heterocycles. The number of pyridine rings is 1. The van der Waals surface area contributed by atoms with Crippen LogP contribution >= 0.6 is 11.3 Å². The van der Waals surface area contributed by atoms with Crippen molar-refractivity contribution in [3.05, 3.63) is 35.0 Å². The fraction of sp³-hybridized carbons (Fsp3) is 0.385. The smallest absolute Gasteiger partial charge is 0.142 e.